The van der Waals surface area contributed by atoms with Crippen LogP contribution in [0.15, 0.2) is 42.0 Å². The molecule has 1 aliphatic rings. The average Bonchev–Trinajstić information content (AvgIpc) is 3.01. The summed E-state index contributed by atoms with van der Waals surface area (Å²) in [6.07, 6.45) is 1.51. The number of carbonyl (C=O) groups excluding carboxylic acids is 1. The number of carbonyl (C=O) groups is 1. The molecular formula is C18H14N2O4. The fourth-order valence-electron chi connectivity index (χ4n) is 2.26. The van der Waals surface area contributed by atoms with Crippen molar-refractivity contribution in [3.8, 4) is 23.3 Å². The predicted molar refractivity (Wildman–Crippen MR) is 87.6 cm³/mol. The molecule has 0 unspecified atom stereocenters. The standard InChI is InChI=1S/C18H14N2O4/c1-11-6-16-17(24-10-23-16)8-12(11)7-13(9-19)18(22)20-14-2-4-15(21)5-3-14/h2-8,21H,10H2,1H3,(H,20,22)/b13-7-. The van der Waals surface area contributed by atoms with Gasteiger partial charge in [-0.15, -0.1) is 0 Å². The summed E-state index contributed by atoms with van der Waals surface area (Å²) in [5, 5.41) is 21.2. The fraction of sp³-hybridized carbons (Fsp3) is 0.111. The van der Waals surface area contributed by atoms with E-state index in [-0.39, 0.29) is 18.1 Å². The average molecular weight is 322 g/mol. The molecule has 0 radical (unpaired) electrons. The molecule has 6 heteroatoms. The Bertz CT molecular complexity index is 864. The Labute approximate surface area is 138 Å². The van der Waals surface area contributed by atoms with Crippen LogP contribution in [0.3, 0.4) is 0 Å². The van der Waals surface area contributed by atoms with Crippen molar-refractivity contribution >= 4 is 17.7 Å². The number of nitrogens with one attached hydrogen (secondary N) is 1. The van der Waals surface area contributed by atoms with Crippen molar-refractivity contribution in [1.29, 1.82) is 5.26 Å². The molecule has 6 nitrogen and oxygen atoms in total. The maximum atomic E-state index is 12.3. The van der Waals surface area contributed by atoms with Gasteiger partial charge in [0.2, 0.25) is 6.79 Å². The molecule has 0 aliphatic carbocycles. The second kappa shape index (κ2) is 6.34. The van der Waals surface area contributed by atoms with Gasteiger partial charge in [-0.3, -0.25) is 4.79 Å². The van der Waals surface area contributed by atoms with Crippen molar-refractivity contribution in [1.82, 2.24) is 0 Å². The van der Waals surface area contributed by atoms with Crippen LogP contribution in [0.5, 0.6) is 17.2 Å². The van der Waals surface area contributed by atoms with Crippen LogP contribution in [0.25, 0.3) is 6.08 Å². The van der Waals surface area contributed by atoms with Crippen LogP contribution in [-0.4, -0.2) is 17.8 Å². The lowest BCUT2D eigenvalue weighted by Crippen LogP contribution is -2.13. The lowest BCUT2D eigenvalue weighted by Gasteiger charge is -2.06. The molecule has 24 heavy (non-hydrogen) atoms. The number of benzene rings is 2. The number of aromatic hydroxyl groups is 1. The maximum absolute atomic E-state index is 12.3. The van der Waals surface area contributed by atoms with Gasteiger partial charge in [-0.1, -0.05) is 0 Å². The SMILES string of the molecule is Cc1cc2c(cc1/C=C(/C#N)C(=O)Nc1ccc(O)cc1)OCO2. The molecule has 2 aromatic rings. The summed E-state index contributed by atoms with van der Waals surface area (Å²) in [5.74, 6) is 0.806. The number of ether oxygens (including phenoxy) is 2. The summed E-state index contributed by atoms with van der Waals surface area (Å²) in [5.41, 5.74) is 2.02. The number of aryl methyl sites for hydroxylation is 1. The van der Waals surface area contributed by atoms with Crippen molar-refractivity contribution in [3.05, 3.63) is 53.1 Å². The van der Waals surface area contributed by atoms with Crippen LogP contribution in [0.1, 0.15) is 11.1 Å². The summed E-state index contributed by atoms with van der Waals surface area (Å²) < 4.78 is 10.6. The van der Waals surface area contributed by atoms with E-state index >= 15 is 0 Å². The highest BCUT2D eigenvalue weighted by Gasteiger charge is 2.16. The van der Waals surface area contributed by atoms with Crippen molar-refractivity contribution in [2.45, 2.75) is 6.92 Å². The Hall–Kier alpha value is -3.46. The van der Waals surface area contributed by atoms with Gasteiger partial charge in [0.25, 0.3) is 5.91 Å². The zero-order chi connectivity index (χ0) is 17.1. The number of amides is 1. The molecule has 0 aromatic heterocycles. The third kappa shape index (κ3) is 3.15. The first kappa shape index (κ1) is 15.4. The maximum Gasteiger partial charge on any atom is 0.266 e. The number of phenols is 1. The molecule has 1 aliphatic heterocycles. The van der Waals surface area contributed by atoms with Crippen molar-refractivity contribution in [2.75, 3.05) is 12.1 Å². The number of nitrogens with zero attached hydrogens (tertiary/aromatic N) is 1. The largest absolute Gasteiger partial charge is 0.508 e. The molecule has 120 valence electrons. The van der Waals surface area contributed by atoms with E-state index in [1.807, 2.05) is 13.0 Å². The van der Waals surface area contributed by atoms with Crippen LogP contribution in [-0.2, 0) is 4.79 Å². The minimum Gasteiger partial charge on any atom is -0.508 e. The number of nitriles is 1. The smallest absolute Gasteiger partial charge is 0.266 e. The van der Waals surface area contributed by atoms with E-state index in [1.165, 1.54) is 18.2 Å². The lowest BCUT2D eigenvalue weighted by molar-refractivity contribution is -0.112. The Kier molecular flexibility index (Phi) is 4.08. The molecular weight excluding hydrogens is 308 g/mol. The molecule has 1 amide bonds. The van der Waals surface area contributed by atoms with Crippen LogP contribution in [0.4, 0.5) is 5.69 Å². The number of hydrogen-bond donors (Lipinski definition) is 2. The highest BCUT2D eigenvalue weighted by molar-refractivity contribution is 6.09. The Morgan fingerprint density at radius 1 is 1.25 bits per heavy atom. The van der Waals surface area contributed by atoms with Gasteiger partial charge in [0.05, 0.1) is 0 Å². The van der Waals surface area contributed by atoms with E-state index in [9.17, 15) is 15.2 Å². The number of rotatable bonds is 3. The first-order chi connectivity index (χ1) is 11.6. The molecule has 0 saturated carbocycles. The van der Waals surface area contributed by atoms with Crippen molar-refractivity contribution in [2.24, 2.45) is 0 Å². The van der Waals surface area contributed by atoms with E-state index in [0.29, 0.717) is 22.7 Å². The molecule has 3 rings (SSSR count). The van der Waals surface area contributed by atoms with Gasteiger partial charge < -0.3 is 19.9 Å². The number of fused-ring (bicyclic) bond motifs is 1. The van der Waals surface area contributed by atoms with Gasteiger partial charge in [-0.2, -0.15) is 5.26 Å². The number of anilines is 1. The topological polar surface area (TPSA) is 91.6 Å². The minimum absolute atomic E-state index is 0.0370. The molecule has 0 saturated heterocycles. The zero-order valence-electron chi connectivity index (χ0n) is 12.9. The van der Waals surface area contributed by atoms with E-state index in [2.05, 4.69) is 5.32 Å². The third-order valence-corrected chi connectivity index (χ3v) is 3.55. The Morgan fingerprint density at radius 3 is 2.58 bits per heavy atom. The first-order valence-electron chi connectivity index (χ1n) is 7.19. The van der Waals surface area contributed by atoms with Gasteiger partial charge in [-0.05, 0) is 60.5 Å². The Balaban J connectivity index is 1.85. The highest BCUT2D eigenvalue weighted by atomic mass is 16.7. The van der Waals surface area contributed by atoms with Gasteiger partial charge in [0.1, 0.15) is 17.4 Å². The van der Waals surface area contributed by atoms with Gasteiger partial charge >= 0.3 is 0 Å². The molecule has 2 aromatic carbocycles. The molecule has 1 heterocycles. The fourth-order valence-corrected chi connectivity index (χ4v) is 2.26. The summed E-state index contributed by atoms with van der Waals surface area (Å²) in [6, 6.07) is 11.5. The summed E-state index contributed by atoms with van der Waals surface area (Å²) in [4.78, 5) is 12.3. The van der Waals surface area contributed by atoms with Crippen LogP contribution >= 0.6 is 0 Å². The van der Waals surface area contributed by atoms with E-state index in [0.717, 1.165) is 5.56 Å². The zero-order valence-corrected chi connectivity index (χ0v) is 12.9. The molecule has 0 bridgehead atoms. The summed E-state index contributed by atoms with van der Waals surface area (Å²) in [6.45, 7) is 2.02. The van der Waals surface area contributed by atoms with Crippen molar-refractivity contribution < 1.29 is 19.4 Å². The van der Waals surface area contributed by atoms with E-state index in [1.54, 1.807) is 24.3 Å². The van der Waals surface area contributed by atoms with Gasteiger partial charge in [0, 0.05) is 5.69 Å². The molecule has 0 fully saturated rings. The Morgan fingerprint density at radius 2 is 1.92 bits per heavy atom. The van der Waals surface area contributed by atoms with Crippen LogP contribution in [0, 0.1) is 18.3 Å². The molecule has 2 N–H and O–H groups in total. The third-order valence-electron chi connectivity index (χ3n) is 3.55. The van der Waals surface area contributed by atoms with Crippen molar-refractivity contribution in [3.63, 3.8) is 0 Å². The van der Waals surface area contributed by atoms with Crippen LogP contribution < -0.4 is 14.8 Å². The van der Waals surface area contributed by atoms with Gasteiger partial charge in [-0.25, -0.2) is 0 Å². The quantitative estimate of drug-likeness (QED) is 0.515. The molecule has 0 atom stereocenters. The minimum atomic E-state index is -0.528. The number of hydrogen-bond acceptors (Lipinski definition) is 5. The second-order valence-electron chi connectivity index (χ2n) is 5.23. The second-order valence-corrected chi connectivity index (χ2v) is 5.23. The summed E-state index contributed by atoms with van der Waals surface area (Å²) in [7, 11) is 0. The van der Waals surface area contributed by atoms with E-state index < -0.39 is 5.91 Å². The normalized spacial score (nSPS) is 12.6. The molecule has 0 spiro atoms. The van der Waals surface area contributed by atoms with Crippen LogP contribution in [0.2, 0.25) is 0 Å². The highest BCUT2D eigenvalue weighted by Crippen LogP contribution is 2.35. The lowest BCUT2D eigenvalue weighted by atomic mass is 10.0. The summed E-state index contributed by atoms with van der Waals surface area (Å²) >= 11 is 0. The monoisotopic (exact) mass is 322 g/mol. The van der Waals surface area contributed by atoms with Gasteiger partial charge in [0.15, 0.2) is 11.5 Å². The van der Waals surface area contributed by atoms with E-state index in [4.69, 9.17) is 9.47 Å². The first-order valence-corrected chi connectivity index (χ1v) is 7.19. The predicted octanol–water partition coefficient (Wildman–Crippen LogP) is 2.98. The number of phenolic OH excluding ortho intramolecular Hbond substituents is 1.